The number of hydrogen-bond acceptors (Lipinski definition) is 5. The summed E-state index contributed by atoms with van der Waals surface area (Å²) in [5.74, 6) is -2.03. The lowest BCUT2D eigenvalue weighted by atomic mass is 10.1. The van der Waals surface area contributed by atoms with E-state index in [0.29, 0.717) is 11.3 Å². The molecule has 0 bridgehead atoms. The van der Waals surface area contributed by atoms with E-state index >= 15 is 0 Å². The minimum atomic E-state index is -1.19. The van der Waals surface area contributed by atoms with E-state index in [-0.39, 0.29) is 29.5 Å². The number of rotatable bonds is 6. The van der Waals surface area contributed by atoms with Crippen LogP contribution in [0.25, 0.3) is 0 Å². The zero-order valence-corrected chi connectivity index (χ0v) is 14.3. The van der Waals surface area contributed by atoms with Crippen molar-refractivity contribution in [2.75, 3.05) is 5.32 Å². The number of H-pyrrole nitrogens is 1. The molecule has 3 aromatic rings. The summed E-state index contributed by atoms with van der Waals surface area (Å²) in [5, 5.41) is 11.4. The second kappa shape index (κ2) is 7.16. The molecule has 5 N–H and O–H groups in total. The zero-order valence-electron chi connectivity index (χ0n) is 14.3. The summed E-state index contributed by atoms with van der Waals surface area (Å²) in [6.07, 6.45) is 0.0912. The van der Waals surface area contributed by atoms with Gasteiger partial charge < -0.3 is 25.6 Å². The van der Waals surface area contributed by atoms with Gasteiger partial charge in [-0.1, -0.05) is 17.7 Å². The van der Waals surface area contributed by atoms with Crippen LogP contribution in [0.2, 0.25) is 0 Å². The van der Waals surface area contributed by atoms with Gasteiger partial charge in [-0.2, -0.15) is 0 Å². The van der Waals surface area contributed by atoms with Crippen LogP contribution in [0.15, 0.2) is 40.8 Å². The number of aromatic amines is 1. The Morgan fingerprint density at radius 3 is 2.48 bits per heavy atom. The van der Waals surface area contributed by atoms with Gasteiger partial charge in [-0.15, -0.1) is 0 Å². The van der Waals surface area contributed by atoms with E-state index < -0.39 is 17.8 Å². The largest absolute Gasteiger partial charge is 0.475 e. The first-order chi connectivity index (χ1) is 12.8. The van der Waals surface area contributed by atoms with Gasteiger partial charge in [-0.05, 0) is 31.2 Å². The monoisotopic (exact) mass is 368 g/mol. The van der Waals surface area contributed by atoms with Gasteiger partial charge in [0.15, 0.2) is 5.82 Å². The first-order valence-corrected chi connectivity index (χ1v) is 7.92. The third-order valence-corrected chi connectivity index (χ3v) is 3.76. The van der Waals surface area contributed by atoms with Crippen molar-refractivity contribution in [3.05, 3.63) is 70.6 Å². The van der Waals surface area contributed by atoms with Crippen LogP contribution in [-0.4, -0.2) is 32.9 Å². The number of carbonyl (C=O) groups excluding carboxylic acids is 2. The van der Waals surface area contributed by atoms with Gasteiger partial charge in [0.05, 0.1) is 6.42 Å². The molecule has 0 unspecified atom stereocenters. The molecule has 2 aromatic heterocycles. The fourth-order valence-electron chi connectivity index (χ4n) is 2.41. The zero-order chi connectivity index (χ0) is 19.6. The SMILES string of the molecule is Cc1ccc(C(=O)Nc2nc(Cc3ccc(C(=O)O)o3)[nH]c2C(N)=O)cc1. The maximum Gasteiger partial charge on any atom is 0.371 e. The topological polar surface area (TPSA) is 151 Å². The summed E-state index contributed by atoms with van der Waals surface area (Å²) in [7, 11) is 0. The van der Waals surface area contributed by atoms with Gasteiger partial charge in [0.2, 0.25) is 5.76 Å². The Kier molecular flexibility index (Phi) is 4.75. The van der Waals surface area contributed by atoms with Crippen molar-refractivity contribution in [2.24, 2.45) is 5.73 Å². The number of hydrogen-bond donors (Lipinski definition) is 4. The number of nitrogens with zero attached hydrogens (tertiary/aromatic N) is 1. The number of primary amides is 1. The quantitative estimate of drug-likeness (QED) is 0.522. The Hall–Kier alpha value is -3.88. The molecule has 0 radical (unpaired) electrons. The maximum absolute atomic E-state index is 12.3. The van der Waals surface area contributed by atoms with Gasteiger partial charge in [0.1, 0.15) is 17.3 Å². The number of carboxylic acids is 1. The summed E-state index contributed by atoms with van der Waals surface area (Å²) < 4.78 is 5.16. The number of imidazole rings is 1. The summed E-state index contributed by atoms with van der Waals surface area (Å²) >= 11 is 0. The van der Waals surface area contributed by atoms with Crippen molar-refractivity contribution < 1.29 is 23.9 Å². The molecule has 0 aliphatic rings. The van der Waals surface area contributed by atoms with Crippen LogP contribution in [0.5, 0.6) is 0 Å². The van der Waals surface area contributed by atoms with E-state index in [2.05, 4.69) is 15.3 Å². The third kappa shape index (κ3) is 4.03. The fourth-order valence-corrected chi connectivity index (χ4v) is 2.41. The van der Waals surface area contributed by atoms with Crippen LogP contribution >= 0.6 is 0 Å². The van der Waals surface area contributed by atoms with Crippen LogP contribution in [0.1, 0.15) is 48.5 Å². The number of furan rings is 1. The van der Waals surface area contributed by atoms with Crippen LogP contribution in [0.3, 0.4) is 0 Å². The molecule has 2 heterocycles. The van der Waals surface area contributed by atoms with Crippen molar-refractivity contribution in [1.82, 2.24) is 9.97 Å². The smallest absolute Gasteiger partial charge is 0.371 e. The van der Waals surface area contributed by atoms with Crippen molar-refractivity contribution >= 4 is 23.6 Å². The molecule has 9 heteroatoms. The lowest BCUT2D eigenvalue weighted by Crippen LogP contribution is -2.18. The minimum absolute atomic E-state index is 0.00640. The number of carbonyl (C=O) groups is 3. The number of aromatic nitrogens is 2. The minimum Gasteiger partial charge on any atom is -0.475 e. The standard InChI is InChI=1S/C18H16N4O5/c1-9-2-4-10(5-3-9)17(24)22-16-14(15(19)23)20-13(21-16)8-11-6-7-12(27-11)18(25)26/h2-7H,8H2,1H3,(H2,19,23)(H,20,21)(H,22,24)(H,25,26). The Balaban J connectivity index is 1.82. The van der Waals surface area contributed by atoms with Crippen LogP contribution < -0.4 is 11.1 Å². The summed E-state index contributed by atoms with van der Waals surface area (Å²) in [5.41, 5.74) is 6.68. The van der Waals surface area contributed by atoms with E-state index in [1.165, 1.54) is 12.1 Å². The third-order valence-electron chi connectivity index (χ3n) is 3.76. The van der Waals surface area contributed by atoms with Gasteiger partial charge >= 0.3 is 5.97 Å². The number of amides is 2. The summed E-state index contributed by atoms with van der Waals surface area (Å²) in [6, 6.07) is 9.68. The number of anilines is 1. The molecule has 0 aliphatic carbocycles. The number of aryl methyl sites for hydroxylation is 1. The first-order valence-electron chi connectivity index (χ1n) is 7.92. The summed E-state index contributed by atoms with van der Waals surface area (Å²) in [4.78, 5) is 41.7. The van der Waals surface area contributed by atoms with Gasteiger partial charge in [0.25, 0.3) is 11.8 Å². The van der Waals surface area contributed by atoms with Gasteiger partial charge in [-0.25, -0.2) is 9.78 Å². The number of carboxylic acid groups (broad SMARTS) is 1. The molecule has 0 aliphatic heterocycles. The molecule has 27 heavy (non-hydrogen) atoms. The van der Waals surface area contributed by atoms with E-state index in [9.17, 15) is 14.4 Å². The van der Waals surface area contributed by atoms with Crippen molar-refractivity contribution in [2.45, 2.75) is 13.3 Å². The van der Waals surface area contributed by atoms with Crippen molar-refractivity contribution in [3.8, 4) is 0 Å². The predicted octanol–water partition coefficient (Wildman–Crippen LogP) is 1.95. The molecule has 0 spiro atoms. The van der Waals surface area contributed by atoms with Crippen molar-refractivity contribution in [1.29, 1.82) is 0 Å². The highest BCUT2D eigenvalue weighted by molar-refractivity contribution is 6.07. The molecule has 138 valence electrons. The van der Waals surface area contributed by atoms with E-state index in [0.717, 1.165) is 5.56 Å². The maximum atomic E-state index is 12.3. The Morgan fingerprint density at radius 2 is 1.89 bits per heavy atom. The molecule has 0 saturated heterocycles. The Bertz CT molecular complexity index is 1020. The van der Waals surface area contributed by atoms with Crippen LogP contribution in [0, 0.1) is 6.92 Å². The molecule has 0 atom stereocenters. The van der Waals surface area contributed by atoms with Gasteiger partial charge in [0, 0.05) is 5.56 Å². The number of benzene rings is 1. The molecule has 1 aromatic carbocycles. The highest BCUT2D eigenvalue weighted by Gasteiger charge is 2.19. The van der Waals surface area contributed by atoms with E-state index in [1.807, 2.05) is 6.92 Å². The second-order valence-electron chi connectivity index (χ2n) is 5.84. The van der Waals surface area contributed by atoms with E-state index in [4.69, 9.17) is 15.3 Å². The lowest BCUT2D eigenvalue weighted by Gasteiger charge is -2.03. The normalized spacial score (nSPS) is 10.6. The average molecular weight is 368 g/mol. The van der Waals surface area contributed by atoms with Crippen LogP contribution in [0.4, 0.5) is 5.82 Å². The molecule has 0 fully saturated rings. The van der Waals surface area contributed by atoms with E-state index in [1.54, 1.807) is 24.3 Å². The molecule has 2 amide bonds. The Morgan fingerprint density at radius 1 is 1.19 bits per heavy atom. The highest BCUT2D eigenvalue weighted by atomic mass is 16.4. The van der Waals surface area contributed by atoms with Crippen molar-refractivity contribution in [3.63, 3.8) is 0 Å². The predicted molar refractivity (Wildman–Crippen MR) is 94.7 cm³/mol. The van der Waals surface area contributed by atoms with Crippen LogP contribution in [-0.2, 0) is 6.42 Å². The molecular formula is C18H16N4O5. The molecule has 9 nitrogen and oxygen atoms in total. The number of nitrogens with two attached hydrogens (primary N) is 1. The fraction of sp³-hybridized carbons (Fsp3) is 0.111. The Labute approximate surface area is 153 Å². The lowest BCUT2D eigenvalue weighted by molar-refractivity contribution is 0.0660. The second-order valence-corrected chi connectivity index (χ2v) is 5.84. The first kappa shape index (κ1) is 17.9. The van der Waals surface area contributed by atoms with Gasteiger partial charge in [-0.3, -0.25) is 9.59 Å². The molecule has 3 rings (SSSR count). The number of aromatic carboxylic acids is 1. The summed E-state index contributed by atoms with van der Waals surface area (Å²) in [6.45, 7) is 1.90. The molecular weight excluding hydrogens is 352 g/mol. The highest BCUT2D eigenvalue weighted by Crippen LogP contribution is 2.18. The average Bonchev–Trinajstić information content (AvgIpc) is 3.23. The molecule has 0 saturated carbocycles. The number of nitrogens with one attached hydrogen (secondary N) is 2.